The zero-order chi connectivity index (χ0) is 15.9. The standard InChI is InChI=1S/C17H23N3O2/c1-17(2)15(21)20(16(22)18-17)11-10-19(3)14-9-8-12-6-4-5-7-13(12)14/h4-7,14H,8-11H2,1-3H3,(H,18,22). The Morgan fingerprint density at radius 3 is 2.73 bits per heavy atom. The summed E-state index contributed by atoms with van der Waals surface area (Å²) in [6.45, 7) is 4.60. The lowest BCUT2D eigenvalue weighted by atomic mass is 10.1. The van der Waals surface area contributed by atoms with Crippen LogP contribution in [0.1, 0.15) is 37.4 Å². The number of imide groups is 1. The van der Waals surface area contributed by atoms with E-state index < -0.39 is 5.54 Å². The topological polar surface area (TPSA) is 52.6 Å². The van der Waals surface area contributed by atoms with Gasteiger partial charge in [0.1, 0.15) is 5.54 Å². The molecule has 118 valence electrons. The van der Waals surface area contributed by atoms with Crippen LogP contribution in [0.3, 0.4) is 0 Å². The Morgan fingerprint density at radius 2 is 2.05 bits per heavy atom. The molecular weight excluding hydrogens is 278 g/mol. The van der Waals surface area contributed by atoms with Gasteiger partial charge in [-0.15, -0.1) is 0 Å². The lowest BCUT2D eigenvalue weighted by molar-refractivity contribution is -0.130. The minimum absolute atomic E-state index is 0.141. The number of rotatable bonds is 4. The highest BCUT2D eigenvalue weighted by atomic mass is 16.2. The molecule has 1 fully saturated rings. The van der Waals surface area contributed by atoms with E-state index in [-0.39, 0.29) is 11.9 Å². The molecule has 0 bridgehead atoms. The van der Waals surface area contributed by atoms with Crippen LogP contribution in [0.25, 0.3) is 0 Å². The van der Waals surface area contributed by atoms with Gasteiger partial charge in [-0.05, 0) is 44.9 Å². The molecule has 1 saturated heterocycles. The lowest BCUT2D eigenvalue weighted by Crippen LogP contribution is -2.41. The van der Waals surface area contributed by atoms with E-state index in [0.717, 1.165) is 12.8 Å². The lowest BCUT2D eigenvalue weighted by Gasteiger charge is -2.27. The van der Waals surface area contributed by atoms with Crippen molar-refractivity contribution in [3.63, 3.8) is 0 Å². The van der Waals surface area contributed by atoms with Crippen LogP contribution in [0.2, 0.25) is 0 Å². The van der Waals surface area contributed by atoms with Crippen LogP contribution in [0.5, 0.6) is 0 Å². The van der Waals surface area contributed by atoms with E-state index in [1.807, 2.05) is 0 Å². The van der Waals surface area contributed by atoms with Gasteiger partial charge >= 0.3 is 6.03 Å². The number of carbonyl (C=O) groups excluding carboxylic acids is 2. The van der Waals surface area contributed by atoms with Gasteiger partial charge in [-0.2, -0.15) is 0 Å². The Hall–Kier alpha value is -1.88. The van der Waals surface area contributed by atoms with Crippen molar-refractivity contribution in [2.45, 2.75) is 38.3 Å². The summed E-state index contributed by atoms with van der Waals surface area (Å²) in [6, 6.07) is 8.62. The van der Waals surface area contributed by atoms with Crippen molar-refractivity contribution in [1.29, 1.82) is 0 Å². The zero-order valence-corrected chi connectivity index (χ0v) is 13.4. The van der Waals surface area contributed by atoms with E-state index in [0.29, 0.717) is 19.1 Å². The van der Waals surface area contributed by atoms with Crippen molar-refractivity contribution >= 4 is 11.9 Å². The summed E-state index contributed by atoms with van der Waals surface area (Å²) in [5.74, 6) is -0.141. The summed E-state index contributed by atoms with van der Waals surface area (Å²) < 4.78 is 0. The number of aryl methyl sites for hydroxylation is 1. The SMILES string of the molecule is CN(CCN1C(=O)NC(C)(C)C1=O)C1CCc2ccccc21. The smallest absolute Gasteiger partial charge is 0.324 e. The molecule has 1 heterocycles. The fourth-order valence-electron chi connectivity index (χ4n) is 3.43. The number of benzene rings is 1. The normalized spacial score (nSPS) is 23.1. The number of hydrogen-bond acceptors (Lipinski definition) is 3. The summed E-state index contributed by atoms with van der Waals surface area (Å²) in [5, 5.41) is 2.72. The van der Waals surface area contributed by atoms with Gasteiger partial charge in [0, 0.05) is 19.1 Å². The number of nitrogens with zero attached hydrogens (tertiary/aromatic N) is 2. The monoisotopic (exact) mass is 301 g/mol. The van der Waals surface area contributed by atoms with E-state index in [1.165, 1.54) is 16.0 Å². The Bertz CT molecular complexity index is 612. The van der Waals surface area contributed by atoms with E-state index in [2.05, 4.69) is 41.5 Å². The largest absolute Gasteiger partial charge is 0.325 e. The molecule has 1 N–H and O–H groups in total. The predicted octanol–water partition coefficient (Wildman–Crippen LogP) is 1.94. The second-order valence-corrected chi connectivity index (χ2v) is 6.75. The average Bonchev–Trinajstić information content (AvgIpc) is 2.97. The molecular formula is C17H23N3O2. The van der Waals surface area contributed by atoms with E-state index in [1.54, 1.807) is 13.8 Å². The first-order valence-corrected chi connectivity index (χ1v) is 7.82. The van der Waals surface area contributed by atoms with E-state index in [9.17, 15) is 9.59 Å². The van der Waals surface area contributed by atoms with Crippen molar-refractivity contribution in [2.75, 3.05) is 20.1 Å². The minimum Gasteiger partial charge on any atom is -0.324 e. The van der Waals surface area contributed by atoms with Crippen LogP contribution < -0.4 is 5.32 Å². The minimum atomic E-state index is -0.782. The number of amides is 3. The number of likely N-dealkylation sites (N-methyl/N-ethyl adjacent to an activating group) is 1. The van der Waals surface area contributed by atoms with Gasteiger partial charge in [-0.3, -0.25) is 14.6 Å². The molecule has 1 atom stereocenters. The van der Waals surface area contributed by atoms with Gasteiger partial charge in [0.25, 0.3) is 5.91 Å². The Kier molecular flexibility index (Phi) is 3.68. The summed E-state index contributed by atoms with van der Waals surface area (Å²) >= 11 is 0. The van der Waals surface area contributed by atoms with Crippen molar-refractivity contribution in [2.24, 2.45) is 0 Å². The van der Waals surface area contributed by atoms with Gasteiger partial charge < -0.3 is 5.32 Å². The molecule has 1 aromatic carbocycles. The molecule has 2 aliphatic rings. The molecule has 0 saturated carbocycles. The summed E-state index contributed by atoms with van der Waals surface area (Å²) in [5.41, 5.74) is 2.01. The van der Waals surface area contributed by atoms with Crippen LogP contribution in [0, 0.1) is 0 Å². The molecule has 1 aliphatic carbocycles. The van der Waals surface area contributed by atoms with Crippen LogP contribution in [-0.4, -0.2) is 47.4 Å². The van der Waals surface area contributed by atoms with Crippen molar-refractivity contribution < 1.29 is 9.59 Å². The summed E-state index contributed by atoms with van der Waals surface area (Å²) in [4.78, 5) is 27.7. The molecule has 1 aromatic rings. The number of nitrogens with one attached hydrogen (secondary N) is 1. The van der Waals surface area contributed by atoms with E-state index in [4.69, 9.17) is 0 Å². The summed E-state index contributed by atoms with van der Waals surface area (Å²) in [7, 11) is 2.07. The fourth-order valence-corrected chi connectivity index (χ4v) is 3.43. The van der Waals surface area contributed by atoms with Crippen LogP contribution in [-0.2, 0) is 11.2 Å². The molecule has 1 aliphatic heterocycles. The molecule has 5 heteroatoms. The predicted molar refractivity (Wildman–Crippen MR) is 84.5 cm³/mol. The molecule has 3 rings (SSSR count). The molecule has 0 spiro atoms. The van der Waals surface area contributed by atoms with Crippen molar-refractivity contribution in [3.8, 4) is 0 Å². The third-order valence-corrected chi connectivity index (χ3v) is 4.75. The Morgan fingerprint density at radius 1 is 1.32 bits per heavy atom. The quantitative estimate of drug-likeness (QED) is 0.865. The van der Waals surface area contributed by atoms with E-state index >= 15 is 0 Å². The summed E-state index contributed by atoms with van der Waals surface area (Å²) in [6.07, 6.45) is 2.20. The molecule has 0 aromatic heterocycles. The maximum absolute atomic E-state index is 12.2. The van der Waals surface area contributed by atoms with Gasteiger partial charge in [-0.1, -0.05) is 24.3 Å². The third kappa shape index (κ3) is 2.50. The van der Waals surface area contributed by atoms with Crippen molar-refractivity contribution in [1.82, 2.24) is 15.1 Å². The molecule has 5 nitrogen and oxygen atoms in total. The molecule has 3 amide bonds. The number of fused-ring (bicyclic) bond motifs is 1. The highest BCUT2D eigenvalue weighted by Crippen LogP contribution is 2.34. The van der Waals surface area contributed by atoms with Crippen LogP contribution >= 0.6 is 0 Å². The molecule has 1 unspecified atom stereocenters. The zero-order valence-electron chi connectivity index (χ0n) is 13.4. The van der Waals surface area contributed by atoms with Crippen molar-refractivity contribution in [3.05, 3.63) is 35.4 Å². The fraction of sp³-hybridized carbons (Fsp3) is 0.529. The van der Waals surface area contributed by atoms with Gasteiger partial charge in [-0.25, -0.2) is 4.79 Å². The number of carbonyl (C=O) groups is 2. The molecule has 0 radical (unpaired) electrons. The second kappa shape index (κ2) is 5.39. The maximum atomic E-state index is 12.2. The third-order valence-electron chi connectivity index (χ3n) is 4.75. The highest BCUT2D eigenvalue weighted by Gasteiger charge is 2.44. The first-order valence-electron chi connectivity index (χ1n) is 7.82. The number of urea groups is 1. The van der Waals surface area contributed by atoms with Gasteiger partial charge in [0.05, 0.1) is 0 Å². The number of hydrogen-bond donors (Lipinski definition) is 1. The molecule has 22 heavy (non-hydrogen) atoms. The van der Waals surface area contributed by atoms with Crippen LogP contribution in [0.15, 0.2) is 24.3 Å². The Labute approximate surface area is 131 Å². The maximum Gasteiger partial charge on any atom is 0.325 e. The first-order chi connectivity index (χ1) is 10.4. The van der Waals surface area contributed by atoms with Gasteiger partial charge in [0.15, 0.2) is 0 Å². The Balaban J connectivity index is 1.63. The first kappa shape index (κ1) is 15.0. The van der Waals surface area contributed by atoms with Crippen LogP contribution in [0.4, 0.5) is 4.79 Å². The second-order valence-electron chi connectivity index (χ2n) is 6.75. The average molecular weight is 301 g/mol. The van der Waals surface area contributed by atoms with Gasteiger partial charge in [0.2, 0.25) is 0 Å². The highest BCUT2D eigenvalue weighted by molar-refractivity contribution is 6.06.